The first-order valence-corrected chi connectivity index (χ1v) is 8.64. The number of anilines is 1. The second-order valence-corrected chi connectivity index (χ2v) is 6.64. The number of hydrogen-bond acceptors (Lipinski definition) is 5. The van der Waals surface area contributed by atoms with Crippen LogP contribution in [0.3, 0.4) is 0 Å². The summed E-state index contributed by atoms with van der Waals surface area (Å²) in [4.78, 5) is 13.4. The fourth-order valence-electron chi connectivity index (χ4n) is 2.76. The molecule has 1 aromatic carbocycles. The van der Waals surface area contributed by atoms with Gasteiger partial charge in [-0.2, -0.15) is 5.26 Å². The van der Waals surface area contributed by atoms with Crippen LogP contribution in [0.5, 0.6) is 11.5 Å². The van der Waals surface area contributed by atoms with E-state index in [1.807, 2.05) is 0 Å². The third-order valence-corrected chi connectivity index (χ3v) is 5.17. The van der Waals surface area contributed by atoms with Gasteiger partial charge in [0.1, 0.15) is 22.6 Å². The van der Waals surface area contributed by atoms with Crippen molar-refractivity contribution in [1.82, 2.24) is 0 Å². The second kappa shape index (κ2) is 7.37. The van der Waals surface area contributed by atoms with Gasteiger partial charge in [-0.25, -0.2) is 0 Å². The molecule has 3 rings (SSSR count). The smallest absolute Gasteiger partial charge is 0.262 e. The van der Waals surface area contributed by atoms with Gasteiger partial charge >= 0.3 is 0 Å². The van der Waals surface area contributed by atoms with Crippen LogP contribution in [-0.4, -0.2) is 19.6 Å². The van der Waals surface area contributed by atoms with Crippen LogP contribution in [0.2, 0.25) is 0 Å². The normalized spacial score (nSPS) is 12.8. The summed E-state index contributed by atoms with van der Waals surface area (Å²) in [6.45, 7) is -0.0975. The molecule has 1 amide bonds. The van der Waals surface area contributed by atoms with E-state index >= 15 is 0 Å². The lowest BCUT2D eigenvalue weighted by molar-refractivity contribution is -0.118. The first-order chi connectivity index (χ1) is 11.7. The Morgan fingerprint density at radius 3 is 2.67 bits per heavy atom. The van der Waals surface area contributed by atoms with Crippen molar-refractivity contribution in [2.24, 2.45) is 0 Å². The molecule has 0 unspecified atom stereocenters. The van der Waals surface area contributed by atoms with E-state index in [0.717, 1.165) is 37.0 Å². The monoisotopic (exact) mass is 342 g/mol. The topological polar surface area (TPSA) is 71.3 Å². The van der Waals surface area contributed by atoms with Crippen LogP contribution in [-0.2, 0) is 17.6 Å². The Morgan fingerprint density at radius 2 is 1.96 bits per heavy atom. The predicted molar refractivity (Wildman–Crippen MR) is 92.8 cm³/mol. The number of thiophene rings is 1. The Balaban J connectivity index is 1.62. The Morgan fingerprint density at radius 1 is 1.25 bits per heavy atom. The number of hydrogen-bond donors (Lipinski definition) is 1. The lowest BCUT2D eigenvalue weighted by atomic mass is 9.96. The van der Waals surface area contributed by atoms with Crippen LogP contribution >= 0.6 is 11.3 Å². The number of nitriles is 1. The molecular weight excluding hydrogens is 324 g/mol. The lowest BCUT2D eigenvalue weighted by Gasteiger charge is -2.09. The van der Waals surface area contributed by atoms with Crippen LogP contribution in [0.4, 0.5) is 5.00 Å². The van der Waals surface area contributed by atoms with Crippen LogP contribution in [0.15, 0.2) is 24.3 Å². The van der Waals surface area contributed by atoms with Crippen LogP contribution in [0.25, 0.3) is 0 Å². The molecule has 0 bridgehead atoms. The molecule has 24 heavy (non-hydrogen) atoms. The fraction of sp³-hybridized carbons (Fsp3) is 0.333. The van der Waals surface area contributed by atoms with E-state index in [1.165, 1.54) is 16.2 Å². The summed E-state index contributed by atoms with van der Waals surface area (Å²) in [7, 11) is 1.59. The molecule has 124 valence electrons. The minimum Gasteiger partial charge on any atom is -0.497 e. The van der Waals surface area contributed by atoms with Gasteiger partial charge in [0.15, 0.2) is 6.61 Å². The van der Waals surface area contributed by atoms with E-state index < -0.39 is 0 Å². The van der Waals surface area contributed by atoms with E-state index in [1.54, 1.807) is 31.4 Å². The van der Waals surface area contributed by atoms with E-state index in [-0.39, 0.29) is 12.5 Å². The van der Waals surface area contributed by atoms with Gasteiger partial charge in [-0.15, -0.1) is 11.3 Å². The second-order valence-electron chi connectivity index (χ2n) is 5.54. The average molecular weight is 342 g/mol. The maximum Gasteiger partial charge on any atom is 0.262 e. The largest absolute Gasteiger partial charge is 0.497 e. The summed E-state index contributed by atoms with van der Waals surface area (Å²) >= 11 is 1.51. The number of methoxy groups -OCH3 is 1. The van der Waals surface area contributed by atoms with Crippen molar-refractivity contribution < 1.29 is 14.3 Å². The number of carbonyl (C=O) groups is 1. The zero-order valence-corrected chi connectivity index (χ0v) is 14.2. The number of benzene rings is 1. The van der Waals surface area contributed by atoms with E-state index in [2.05, 4.69) is 11.4 Å². The number of aryl methyl sites for hydroxylation is 1. The van der Waals surface area contributed by atoms with Gasteiger partial charge in [0, 0.05) is 4.88 Å². The van der Waals surface area contributed by atoms with Crippen molar-refractivity contribution in [1.29, 1.82) is 5.26 Å². The van der Waals surface area contributed by atoms with Crippen molar-refractivity contribution >= 4 is 22.2 Å². The maximum atomic E-state index is 12.1. The van der Waals surface area contributed by atoms with Crippen molar-refractivity contribution in [3.8, 4) is 17.6 Å². The minimum absolute atomic E-state index is 0.0975. The molecule has 1 heterocycles. The van der Waals surface area contributed by atoms with Gasteiger partial charge in [-0.3, -0.25) is 4.79 Å². The minimum atomic E-state index is -0.263. The molecular formula is C18H18N2O3S. The highest BCUT2D eigenvalue weighted by Gasteiger charge is 2.21. The Labute approximate surface area is 144 Å². The predicted octanol–water partition coefficient (Wildman–Crippen LogP) is 3.52. The Bertz CT molecular complexity index is 775. The van der Waals surface area contributed by atoms with Crippen molar-refractivity contribution in [2.45, 2.75) is 25.7 Å². The maximum absolute atomic E-state index is 12.1. The zero-order valence-electron chi connectivity index (χ0n) is 13.4. The number of carbonyl (C=O) groups excluding carboxylic acids is 1. The molecule has 1 aromatic heterocycles. The third-order valence-electron chi connectivity index (χ3n) is 3.97. The summed E-state index contributed by atoms with van der Waals surface area (Å²) in [6.07, 6.45) is 4.17. The average Bonchev–Trinajstić information content (AvgIpc) is 2.97. The zero-order chi connectivity index (χ0) is 16.9. The van der Waals surface area contributed by atoms with Crippen molar-refractivity contribution in [3.05, 3.63) is 40.3 Å². The van der Waals surface area contributed by atoms with E-state index in [9.17, 15) is 10.1 Å². The third kappa shape index (κ3) is 3.52. The molecule has 1 aliphatic rings. The number of rotatable bonds is 5. The highest BCUT2D eigenvalue weighted by Crippen LogP contribution is 2.37. The van der Waals surface area contributed by atoms with E-state index in [4.69, 9.17) is 9.47 Å². The number of fused-ring (bicyclic) bond motifs is 1. The van der Waals surface area contributed by atoms with Crippen LogP contribution in [0, 0.1) is 11.3 Å². The first kappa shape index (κ1) is 16.3. The van der Waals surface area contributed by atoms with Gasteiger partial charge in [-0.1, -0.05) is 0 Å². The molecule has 6 heteroatoms. The Kier molecular flexibility index (Phi) is 5.02. The molecule has 0 fully saturated rings. The number of ether oxygens (including phenoxy) is 2. The van der Waals surface area contributed by atoms with Crippen LogP contribution < -0.4 is 14.8 Å². The first-order valence-electron chi connectivity index (χ1n) is 7.82. The quantitative estimate of drug-likeness (QED) is 0.902. The van der Waals surface area contributed by atoms with Crippen LogP contribution in [0.1, 0.15) is 28.8 Å². The summed E-state index contributed by atoms with van der Waals surface area (Å²) in [6, 6.07) is 9.27. The molecule has 0 spiro atoms. The molecule has 0 radical (unpaired) electrons. The molecule has 0 saturated heterocycles. The van der Waals surface area contributed by atoms with Gasteiger partial charge in [0.25, 0.3) is 5.91 Å². The molecule has 2 aromatic rings. The van der Waals surface area contributed by atoms with Gasteiger partial charge < -0.3 is 14.8 Å². The summed E-state index contributed by atoms with van der Waals surface area (Å²) in [5.41, 5.74) is 1.73. The molecule has 1 N–H and O–H groups in total. The number of nitrogens with one attached hydrogen (secondary N) is 1. The molecule has 0 aliphatic heterocycles. The van der Waals surface area contributed by atoms with Gasteiger partial charge in [-0.05, 0) is 55.5 Å². The summed E-state index contributed by atoms with van der Waals surface area (Å²) in [5.74, 6) is 1.06. The summed E-state index contributed by atoms with van der Waals surface area (Å²) in [5, 5.41) is 12.9. The Hall–Kier alpha value is -2.52. The van der Waals surface area contributed by atoms with Gasteiger partial charge in [0.05, 0.1) is 12.7 Å². The number of amides is 1. The van der Waals surface area contributed by atoms with Crippen molar-refractivity contribution in [2.75, 3.05) is 19.0 Å². The fourth-order valence-corrected chi connectivity index (χ4v) is 4.01. The van der Waals surface area contributed by atoms with E-state index in [0.29, 0.717) is 16.3 Å². The highest BCUT2D eigenvalue weighted by molar-refractivity contribution is 7.16. The summed E-state index contributed by atoms with van der Waals surface area (Å²) < 4.78 is 10.5. The molecule has 1 aliphatic carbocycles. The molecule has 0 saturated carbocycles. The number of nitrogens with zero attached hydrogens (tertiary/aromatic N) is 1. The van der Waals surface area contributed by atoms with Gasteiger partial charge in [0.2, 0.25) is 0 Å². The SMILES string of the molecule is COc1ccc(OCC(=O)Nc2sc3c(c2C#N)CCCC3)cc1. The van der Waals surface area contributed by atoms with Crippen molar-refractivity contribution in [3.63, 3.8) is 0 Å². The molecule has 0 atom stereocenters. The lowest BCUT2D eigenvalue weighted by Crippen LogP contribution is -2.20. The molecule has 5 nitrogen and oxygen atoms in total. The standard InChI is InChI=1S/C18H18N2O3S/c1-22-12-6-8-13(9-7-12)23-11-17(21)20-18-15(10-19)14-4-2-3-5-16(14)24-18/h6-9H,2-5,11H2,1H3,(H,20,21). The highest BCUT2D eigenvalue weighted by atomic mass is 32.1.